The Bertz CT molecular complexity index is 889. The summed E-state index contributed by atoms with van der Waals surface area (Å²) in [5.41, 5.74) is -1.01. The number of hydrogen-bond donors (Lipinski definition) is 5. The minimum atomic E-state index is -0.689. The largest absolute Gasteiger partial charge is 0.425 e. The van der Waals surface area contributed by atoms with Crippen LogP contribution in [-0.4, -0.2) is 52.9 Å². The summed E-state index contributed by atoms with van der Waals surface area (Å²) in [5, 5.41) is 17.7. The molecular formula is C16H19N5O5. The van der Waals surface area contributed by atoms with Crippen LogP contribution in [0.25, 0.3) is 0 Å². The Morgan fingerprint density at radius 2 is 1.58 bits per heavy atom. The van der Waals surface area contributed by atoms with Crippen LogP contribution in [0.15, 0.2) is 46.0 Å². The van der Waals surface area contributed by atoms with Crippen molar-refractivity contribution < 1.29 is 14.8 Å². The van der Waals surface area contributed by atoms with Crippen molar-refractivity contribution in [1.29, 1.82) is 0 Å². The number of H-pyrrole nitrogens is 1. The van der Waals surface area contributed by atoms with Crippen LogP contribution < -0.4 is 27.1 Å². The highest BCUT2D eigenvalue weighted by Gasteiger charge is 2.10. The second-order valence-corrected chi connectivity index (χ2v) is 5.25. The van der Waals surface area contributed by atoms with Crippen molar-refractivity contribution in [3.8, 4) is 0 Å². The molecule has 0 bridgehead atoms. The summed E-state index contributed by atoms with van der Waals surface area (Å²) in [6.07, 6.45) is 0. The van der Waals surface area contributed by atoms with E-state index in [2.05, 4.69) is 20.9 Å². The van der Waals surface area contributed by atoms with Gasteiger partial charge in [0.25, 0.3) is 17.4 Å². The summed E-state index contributed by atoms with van der Waals surface area (Å²) in [6, 6.07) is 8.16. The number of aromatic nitrogens is 2. The van der Waals surface area contributed by atoms with E-state index in [4.69, 9.17) is 0 Å². The molecule has 0 aliphatic rings. The lowest BCUT2D eigenvalue weighted by molar-refractivity contribution is 0.0891. The van der Waals surface area contributed by atoms with Crippen LogP contribution in [0.3, 0.4) is 0 Å². The smallest absolute Gasteiger partial charge is 0.283 e. The highest BCUT2D eigenvalue weighted by atomic mass is 16.5. The van der Waals surface area contributed by atoms with Gasteiger partial charge in [0.15, 0.2) is 0 Å². The summed E-state index contributed by atoms with van der Waals surface area (Å²) in [5.74, 6) is -0.962. The molecule has 26 heavy (non-hydrogen) atoms. The Labute approximate surface area is 147 Å². The zero-order valence-corrected chi connectivity index (χ0v) is 13.8. The average molecular weight is 361 g/mol. The van der Waals surface area contributed by atoms with Gasteiger partial charge in [-0.25, -0.2) is 0 Å². The number of amides is 2. The van der Waals surface area contributed by atoms with Gasteiger partial charge in [-0.2, -0.15) is 0 Å². The number of carbonyl (C=O) groups is 2. The van der Waals surface area contributed by atoms with Crippen LogP contribution in [0.4, 0.5) is 0 Å². The number of hydrogen-bond acceptors (Lipinski definition) is 6. The Morgan fingerprint density at radius 1 is 0.923 bits per heavy atom. The second kappa shape index (κ2) is 9.18. The molecule has 0 aliphatic heterocycles. The highest BCUT2D eigenvalue weighted by molar-refractivity contribution is 5.92. The second-order valence-electron chi connectivity index (χ2n) is 5.25. The lowest BCUT2D eigenvalue weighted by atomic mass is 10.3. The predicted octanol–water partition coefficient (Wildman–Crippen LogP) is -1.48. The van der Waals surface area contributed by atoms with E-state index in [0.29, 0.717) is 19.6 Å². The lowest BCUT2D eigenvalue weighted by Gasteiger charge is -2.09. The molecule has 0 saturated carbocycles. The molecule has 0 aromatic carbocycles. The molecular weight excluding hydrogens is 342 g/mol. The van der Waals surface area contributed by atoms with Gasteiger partial charge in [-0.3, -0.25) is 19.2 Å². The van der Waals surface area contributed by atoms with E-state index in [9.17, 15) is 24.4 Å². The van der Waals surface area contributed by atoms with Gasteiger partial charge in [-0.1, -0.05) is 12.1 Å². The number of nitrogens with one attached hydrogen (secondary N) is 4. The third-order valence-electron chi connectivity index (χ3n) is 3.35. The van der Waals surface area contributed by atoms with Gasteiger partial charge >= 0.3 is 0 Å². The maximum absolute atomic E-state index is 11.8. The van der Waals surface area contributed by atoms with Gasteiger partial charge in [-0.05, 0) is 12.1 Å². The molecule has 2 heterocycles. The Hall–Kier alpha value is -3.40. The topological polar surface area (TPSA) is 145 Å². The SMILES string of the molecule is O=C(NCCNCCNC(=O)c1cccc(=O)n1O)c1cccc(=O)[nH]1. The number of pyridine rings is 2. The minimum Gasteiger partial charge on any atom is -0.425 e. The monoisotopic (exact) mass is 361 g/mol. The fourth-order valence-corrected chi connectivity index (χ4v) is 2.07. The van der Waals surface area contributed by atoms with Gasteiger partial charge in [0.1, 0.15) is 11.4 Å². The first-order valence-corrected chi connectivity index (χ1v) is 7.87. The molecule has 0 radical (unpaired) electrons. The third-order valence-corrected chi connectivity index (χ3v) is 3.35. The maximum atomic E-state index is 11.8. The van der Waals surface area contributed by atoms with Gasteiger partial charge in [0.2, 0.25) is 5.56 Å². The van der Waals surface area contributed by atoms with Crippen LogP contribution in [0, 0.1) is 0 Å². The van der Waals surface area contributed by atoms with Gasteiger partial charge in [-0.15, -0.1) is 4.73 Å². The molecule has 0 spiro atoms. The molecule has 10 heteroatoms. The molecule has 0 fully saturated rings. The Kier molecular flexibility index (Phi) is 6.68. The first-order chi connectivity index (χ1) is 12.5. The summed E-state index contributed by atoms with van der Waals surface area (Å²) >= 11 is 0. The highest BCUT2D eigenvalue weighted by Crippen LogP contribution is 1.93. The van der Waals surface area contributed by atoms with Crippen molar-refractivity contribution in [1.82, 2.24) is 25.7 Å². The Morgan fingerprint density at radius 3 is 2.27 bits per heavy atom. The fourth-order valence-electron chi connectivity index (χ4n) is 2.07. The third kappa shape index (κ3) is 5.31. The molecule has 0 aliphatic carbocycles. The summed E-state index contributed by atoms with van der Waals surface area (Å²) in [4.78, 5) is 48.4. The lowest BCUT2D eigenvalue weighted by Crippen LogP contribution is -2.38. The van der Waals surface area contributed by atoms with Crippen LogP contribution in [0.2, 0.25) is 0 Å². The van der Waals surface area contributed by atoms with E-state index in [0.717, 1.165) is 6.07 Å². The van der Waals surface area contributed by atoms with Crippen LogP contribution in [0.5, 0.6) is 0 Å². The average Bonchev–Trinajstić information content (AvgIpc) is 2.62. The van der Waals surface area contributed by atoms with E-state index < -0.39 is 11.5 Å². The zero-order chi connectivity index (χ0) is 18.9. The van der Waals surface area contributed by atoms with Gasteiger partial charge in [0.05, 0.1) is 0 Å². The van der Waals surface area contributed by atoms with E-state index in [1.54, 1.807) is 0 Å². The van der Waals surface area contributed by atoms with Gasteiger partial charge in [0, 0.05) is 38.3 Å². The molecule has 0 unspecified atom stereocenters. The molecule has 2 aromatic heterocycles. The maximum Gasteiger partial charge on any atom is 0.283 e. The molecule has 2 aromatic rings. The Balaban J connectivity index is 1.63. The zero-order valence-electron chi connectivity index (χ0n) is 13.8. The van der Waals surface area contributed by atoms with Crippen molar-refractivity contribution in [3.05, 3.63) is 68.5 Å². The van der Waals surface area contributed by atoms with E-state index >= 15 is 0 Å². The molecule has 2 rings (SSSR count). The fraction of sp³-hybridized carbons (Fsp3) is 0.250. The normalized spacial score (nSPS) is 10.3. The van der Waals surface area contributed by atoms with E-state index in [1.807, 2.05) is 0 Å². The number of rotatable bonds is 8. The van der Waals surface area contributed by atoms with Crippen molar-refractivity contribution in [2.75, 3.05) is 26.2 Å². The van der Waals surface area contributed by atoms with Crippen LogP contribution in [-0.2, 0) is 0 Å². The van der Waals surface area contributed by atoms with Crippen LogP contribution >= 0.6 is 0 Å². The first-order valence-electron chi connectivity index (χ1n) is 7.87. The molecule has 10 nitrogen and oxygen atoms in total. The van der Waals surface area contributed by atoms with E-state index in [-0.39, 0.29) is 34.1 Å². The minimum absolute atomic E-state index is 0.151. The molecule has 0 saturated heterocycles. The quantitative estimate of drug-likeness (QED) is 0.286. The molecule has 138 valence electrons. The van der Waals surface area contributed by atoms with Gasteiger partial charge < -0.3 is 26.1 Å². The predicted molar refractivity (Wildman–Crippen MR) is 92.5 cm³/mol. The first kappa shape index (κ1) is 18.9. The molecule has 0 atom stereocenters. The van der Waals surface area contributed by atoms with Crippen molar-refractivity contribution in [3.63, 3.8) is 0 Å². The molecule has 5 N–H and O–H groups in total. The van der Waals surface area contributed by atoms with E-state index in [1.165, 1.54) is 30.3 Å². The summed E-state index contributed by atoms with van der Waals surface area (Å²) in [7, 11) is 0. The van der Waals surface area contributed by atoms with Crippen molar-refractivity contribution in [2.24, 2.45) is 0 Å². The summed E-state index contributed by atoms with van der Waals surface area (Å²) in [6.45, 7) is 1.47. The number of aromatic amines is 1. The molecule has 2 amide bonds. The number of carbonyl (C=O) groups excluding carboxylic acids is 2. The van der Waals surface area contributed by atoms with Crippen molar-refractivity contribution >= 4 is 11.8 Å². The number of nitrogens with zero attached hydrogens (tertiary/aromatic N) is 1. The standard InChI is InChI=1S/C16H19N5O5/c22-13-5-1-3-11(20-13)15(24)18-9-7-17-8-10-19-16(25)12-4-2-6-14(23)21(12)26/h1-6,17,26H,7-10H2,(H,18,24)(H,19,25)(H,20,22). The summed E-state index contributed by atoms with van der Waals surface area (Å²) < 4.78 is 0.284. The van der Waals surface area contributed by atoms with Crippen LogP contribution in [0.1, 0.15) is 21.0 Å². The van der Waals surface area contributed by atoms with Crippen molar-refractivity contribution in [2.45, 2.75) is 0 Å².